The highest BCUT2D eigenvalue weighted by Crippen LogP contribution is 2.13. The van der Waals surface area contributed by atoms with E-state index in [1.54, 1.807) is 42.2 Å². The summed E-state index contributed by atoms with van der Waals surface area (Å²) in [5, 5.41) is -0.611. The smallest absolute Gasteiger partial charge is 0.264 e. The number of carbonyl (C=O) groups excluding carboxylic acids is 1. The minimum Gasteiger partial charge on any atom is -0.306 e. The molecule has 6 nitrogen and oxygen atoms in total. The molecule has 0 fully saturated rings. The van der Waals surface area contributed by atoms with E-state index in [9.17, 15) is 13.2 Å². The highest BCUT2D eigenvalue weighted by molar-refractivity contribution is 7.90. The van der Waals surface area contributed by atoms with Crippen molar-refractivity contribution in [3.05, 3.63) is 36.4 Å². The van der Waals surface area contributed by atoms with E-state index in [1.165, 1.54) is 0 Å². The summed E-state index contributed by atoms with van der Waals surface area (Å²) in [4.78, 5) is 16.0. The molecular weight excluding hydrogens is 290 g/mol. The number of amides is 1. The molecule has 0 aliphatic carbocycles. The Bertz CT molecular complexity index is 750. The van der Waals surface area contributed by atoms with Crippen molar-refractivity contribution in [2.75, 3.05) is 0 Å². The summed E-state index contributed by atoms with van der Waals surface area (Å²) >= 11 is 0. The van der Waals surface area contributed by atoms with Crippen molar-refractivity contribution < 1.29 is 13.2 Å². The van der Waals surface area contributed by atoms with Gasteiger partial charge >= 0.3 is 0 Å². The minimum atomic E-state index is -3.66. The van der Waals surface area contributed by atoms with E-state index in [0.717, 1.165) is 5.52 Å². The van der Waals surface area contributed by atoms with Crippen LogP contribution in [0.1, 0.15) is 37.6 Å². The first-order valence-corrected chi connectivity index (χ1v) is 8.32. The van der Waals surface area contributed by atoms with Gasteiger partial charge in [-0.15, -0.1) is 0 Å². The van der Waals surface area contributed by atoms with Gasteiger partial charge in [-0.05, 0) is 31.4 Å². The Labute approximate surface area is 124 Å². The fourth-order valence-corrected chi connectivity index (χ4v) is 3.36. The van der Waals surface area contributed by atoms with Crippen LogP contribution in [0.25, 0.3) is 5.52 Å². The van der Waals surface area contributed by atoms with E-state index in [0.29, 0.717) is 12.0 Å². The number of nitrogens with zero attached hydrogens (tertiary/aromatic N) is 2. The number of aromatic nitrogens is 2. The van der Waals surface area contributed by atoms with Gasteiger partial charge in [-0.3, -0.25) is 4.79 Å². The molecule has 2 aromatic rings. The number of fused-ring (bicyclic) bond motifs is 1. The third kappa shape index (κ3) is 3.60. The van der Waals surface area contributed by atoms with Gasteiger partial charge in [0.25, 0.3) is 5.91 Å². The van der Waals surface area contributed by atoms with Gasteiger partial charge in [-0.1, -0.05) is 13.8 Å². The van der Waals surface area contributed by atoms with E-state index >= 15 is 0 Å². The van der Waals surface area contributed by atoms with Gasteiger partial charge in [0.05, 0.1) is 23.3 Å². The Morgan fingerprint density at radius 2 is 2.10 bits per heavy atom. The second-order valence-corrected chi connectivity index (χ2v) is 7.66. The van der Waals surface area contributed by atoms with Crippen molar-refractivity contribution in [1.29, 1.82) is 0 Å². The van der Waals surface area contributed by atoms with Gasteiger partial charge in [0.15, 0.2) is 0 Å². The number of sulfonamides is 1. The number of nitrogens with one attached hydrogen (secondary N) is 1. The lowest BCUT2D eigenvalue weighted by molar-refractivity contribution is 0.0981. The van der Waals surface area contributed by atoms with E-state index in [-0.39, 0.29) is 5.92 Å². The van der Waals surface area contributed by atoms with Crippen molar-refractivity contribution >= 4 is 21.4 Å². The molecule has 1 unspecified atom stereocenters. The first kappa shape index (κ1) is 15.5. The van der Waals surface area contributed by atoms with Crippen LogP contribution in [-0.2, 0) is 10.0 Å². The zero-order valence-electron chi connectivity index (χ0n) is 12.3. The van der Waals surface area contributed by atoms with Crippen molar-refractivity contribution in [2.24, 2.45) is 5.92 Å². The summed E-state index contributed by atoms with van der Waals surface area (Å²) in [6.45, 7) is 5.50. The highest BCUT2D eigenvalue weighted by atomic mass is 32.2. The Kier molecular flexibility index (Phi) is 4.32. The maximum atomic E-state index is 12.1. The summed E-state index contributed by atoms with van der Waals surface area (Å²) in [6.07, 6.45) is 5.39. The maximum absolute atomic E-state index is 12.1. The summed E-state index contributed by atoms with van der Waals surface area (Å²) in [7, 11) is -3.66. The Hall–Kier alpha value is -1.89. The van der Waals surface area contributed by atoms with Crippen LogP contribution in [0.4, 0.5) is 0 Å². The monoisotopic (exact) mass is 309 g/mol. The fraction of sp³-hybridized carbons (Fsp3) is 0.429. The molecule has 2 rings (SSSR count). The fourth-order valence-electron chi connectivity index (χ4n) is 2.14. The molecule has 0 saturated heterocycles. The molecule has 1 amide bonds. The maximum Gasteiger partial charge on any atom is 0.264 e. The lowest BCUT2D eigenvalue weighted by Gasteiger charge is -2.15. The van der Waals surface area contributed by atoms with E-state index in [2.05, 4.69) is 9.71 Å². The molecule has 0 spiro atoms. The normalized spacial score (nSPS) is 13.5. The Balaban J connectivity index is 2.16. The molecule has 0 aliphatic rings. The topological polar surface area (TPSA) is 80.5 Å². The van der Waals surface area contributed by atoms with Gasteiger partial charge in [0.2, 0.25) is 10.0 Å². The molecule has 1 N–H and O–H groups in total. The van der Waals surface area contributed by atoms with Crippen LogP contribution in [0, 0.1) is 5.92 Å². The number of imidazole rings is 1. The summed E-state index contributed by atoms with van der Waals surface area (Å²) in [5.41, 5.74) is 1.03. The minimum absolute atomic E-state index is 0.245. The first-order valence-electron chi connectivity index (χ1n) is 6.77. The van der Waals surface area contributed by atoms with E-state index in [4.69, 9.17) is 0 Å². The van der Waals surface area contributed by atoms with Crippen LogP contribution in [0.3, 0.4) is 0 Å². The lowest BCUT2D eigenvalue weighted by Crippen LogP contribution is -2.37. The van der Waals surface area contributed by atoms with Crippen LogP contribution in [-0.4, -0.2) is 29.0 Å². The van der Waals surface area contributed by atoms with Crippen LogP contribution in [0.2, 0.25) is 0 Å². The molecule has 2 heterocycles. The second kappa shape index (κ2) is 5.85. The predicted molar refractivity (Wildman–Crippen MR) is 80.5 cm³/mol. The molecule has 21 heavy (non-hydrogen) atoms. The molecule has 1 atom stereocenters. The number of carbonyl (C=O) groups is 1. The van der Waals surface area contributed by atoms with Crippen LogP contribution >= 0.6 is 0 Å². The van der Waals surface area contributed by atoms with Crippen molar-refractivity contribution in [3.8, 4) is 0 Å². The predicted octanol–water partition coefficient (Wildman–Crippen LogP) is 1.83. The summed E-state index contributed by atoms with van der Waals surface area (Å²) in [6, 6.07) is 3.16. The summed E-state index contributed by atoms with van der Waals surface area (Å²) in [5.74, 6) is -0.371. The van der Waals surface area contributed by atoms with Gasteiger partial charge in [0.1, 0.15) is 0 Å². The quantitative estimate of drug-likeness (QED) is 0.913. The van der Waals surface area contributed by atoms with Crippen LogP contribution in [0.15, 0.2) is 30.9 Å². The zero-order valence-corrected chi connectivity index (χ0v) is 13.1. The van der Waals surface area contributed by atoms with E-state index < -0.39 is 21.2 Å². The molecule has 0 aromatic carbocycles. The standard InChI is InChI=1S/C14H19N3O3S/c1-10(2)6-11(3)21(19,20)16-14(18)12-4-5-17-9-15-8-13(17)7-12/h4-5,7-11H,6H2,1-3H3,(H,16,18). The van der Waals surface area contributed by atoms with Crippen LogP contribution in [0.5, 0.6) is 0 Å². The first-order chi connectivity index (χ1) is 9.79. The molecule has 114 valence electrons. The zero-order chi connectivity index (χ0) is 15.6. The molecule has 0 radical (unpaired) electrons. The molecule has 0 bridgehead atoms. The second-order valence-electron chi connectivity index (χ2n) is 5.56. The Morgan fingerprint density at radius 1 is 1.38 bits per heavy atom. The van der Waals surface area contributed by atoms with Crippen molar-refractivity contribution in [3.63, 3.8) is 0 Å². The van der Waals surface area contributed by atoms with Gasteiger partial charge in [-0.25, -0.2) is 18.1 Å². The van der Waals surface area contributed by atoms with Gasteiger partial charge < -0.3 is 4.40 Å². The Morgan fingerprint density at radius 3 is 2.76 bits per heavy atom. The average Bonchev–Trinajstić information content (AvgIpc) is 2.84. The highest BCUT2D eigenvalue weighted by Gasteiger charge is 2.24. The van der Waals surface area contributed by atoms with Gasteiger partial charge in [-0.2, -0.15) is 0 Å². The van der Waals surface area contributed by atoms with Crippen molar-refractivity contribution in [1.82, 2.24) is 14.1 Å². The summed E-state index contributed by atoms with van der Waals surface area (Å²) < 4.78 is 28.1. The third-order valence-corrected chi connectivity index (χ3v) is 4.97. The number of pyridine rings is 1. The molecular formula is C14H19N3O3S. The lowest BCUT2D eigenvalue weighted by atomic mass is 10.1. The SMILES string of the molecule is CC(C)CC(C)S(=O)(=O)NC(=O)c1ccn2cncc2c1. The molecule has 2 aromatic heterocycles. The largest absolute Gasteiger partial charge is 0.306 e. The molecule has 0 saturated carbocycles. The number of hydrogen-bond acceptors (Lipinski definition) is 4. The van der Waals surface area contributed by atoms with Crippen molar-refractivity contribution in [2.45, 2.75) is 32.4 Å². The number of rotatable bonds is 5. The van der Waals surface area contributed by atoms with Crippen LogP contribution < -0.4 is 4.72 Å². The average molecular weight is 309 g/mol. The third-order valence-electron chi connectivity index (χ3n) is 3.24. The van der Waals surface area contributed by atoms with Gasteiger partial charge in [0, 0.05) is 11.8 Å². The molecule has 0 aliphatic heterocycles. The molecule has 7 heteroatoms. The van der Waals surface area contributed by atoms with E-state index in [1.807, 2.05) is 13.8 Å². The number of hydrogen-bond donors (Lipinski definition) is 1.